The van der Waals surface area contributed by atoms with Gasteiger partial charge in [0.1, 0.15) is 0 Å². The van der Waals surface area contributed by atoms with Crippen molar-refractivity contribution in [2.24, 2.45) is 11.3 Å². The third kappa shape index (κ3) is 5.54. The molecule has 0 aliphatic rings. The third-order valence-electron chi connectivity index (χ3n) is 3.60. The first-order chi connectivity index (χ1) is 9.64. The average molecular weight is 294 g/mol. The Bertz CT molecular complexity index is 470. The summed E-state index contributed by atoms with van der Waals surface area (Å²) in [5, 5.41) is 12.4. The van der Waals surface area contributed by atoms with Gasteiger partial charge in [0.05, 0.1) is 5.56 Å². The molecule has 1 unspecified atom stereocenters. The number of nitrogens with zero attached hydrogens (tertiary/aromatic N) is 1. The van der Waals surface area contributed by atoms with Crippen molar-refractivity contribution < 1.29 is 9.90 Å². The number of rotatable bonds is 6. The molecule has 1 heterocycles. The van der Waals surface area contributed by atoms with Gasteiger partial charge in [0.2, 0.25) is 0 Å². The molecule has 21 heavy (non-hydrogen) atoms. The van der Waals surface area contributed by atoms with Crippen LogP contribution in [0.4, 0.5) is 0 Å². The third-order valence-corrected chi connectivity index (χ3v) is 3.60. The summed E-state index contributed by atoms with van der Waals surface area (Å²) < 4.78 is 2.04. The molecule has 4 heteroatoms. The van der Waals surface area contributed by atoms with Crippen LogP contribution in [-0.2, 0) is 0 Å². The predicted octanol–water partition coefficient (Wildman–Crippen LogP) is 3.15. The van der Waals surface area contributed by atoms with Crippen LogP contribution < -0.4 is 5.32 Å². The molecule has 0 aromatic carbocycles. The van der Waals surface area contributed by atoms with Gasteiger partial charge < -0.3 is 15.0 Å². The van der Waals surface area contributed by atoms with Crippen molar-refractivity contribution in [2.45, 2.75) is 54.0 Å². The topological polar surface area (TPSA) is 54.3 Å². The number of aliphatic hydroxyl groups excluding tert-OH is 1. The SMILES string of the molecule is Cc1cn(C(C)C)cc1C(=O)NCC(CO)CC(C)(C)C. The first-order valence-corrected chi connectivity index (χ1v) is 7.71. The molecule has 4 nitrogen and oxygen atoms in total. The van der Waals surface area contributed by atoms with Gasteiger partial charge in [-0.1, -0.05) is 20.8 Å². The van der Waals surface area contributed by atoms with Crippen LogP contribution in [-0.4, -0.2) is 28.7 Å². The van der Waals surface area contributed by atoms with E-state index in [-0.39, 0.29) is 23.8 Å². The summed E-state index contributed by atoms with van der Waals surface area (Å²) in [6.07, 6.45) is 4.78. The van der Waals surface area contributed by atoms with Crippen molar-refractivity contribution >= 4 is 5.91 Å². The van der Waals surface area contributed by atoms with Gasteiger partial charge in [0.15, 0.2) is 0 Å². The molecule has 1 aromatic rings. The number of aliphatic hydroxyl groups is 1. The van der Waals surface area contributed by atoms with E-state index in [2.05, 4.69) is 39.9 Å². The van der Waals surface area contributed by atoms with Gasteiger partial charge >= 0.3 is 0 Å². The van der Waals surface area contributed by atoms with Crippen molar-refractivity contribution in [2.75, 3.05) is 13.2 Å². The molecule has 0 aliphatic carbocycles. The summed E-state index contributed by atoms with van der Waals surface area (Å²) in [7, 11) is 0. The van der Waals surface area contributed by atoms with E-state index in [1.165, 1.54) is 0 Å². The number of aryl methyl sites for hydroxylation is 1. The number of amides is 1. The van der Waals surface area contributed by atoms with Crippen molar-refractivity contribution in [1.29, 1.82) is 0 Å². The molecule has 0 saturated carbocycles. The quantitative estimate of drug-likeness (QED) is 0.847. The Balaban J connectivity index is 2.64. The molecule has 2 N–H and O–H groups in total. The number of aromatic nitrogens is 1. The van der Waals surface area contributed by atoms with Gasteiger partial charge in [-0.05, 0) is 44.1 Å². The lowest BCUT2D eigenvalue weighted by molar-refractivity contribution is 0.0929. The standard InChI is InChI=1S/C17H30N2O2/c1-12(2)19-9-13(3)15(10-19)16(21)18-8-14(11-20)7-17(4,5)6/h9-10,12,14,20H,7-8,11H2,1-6H3,(H,18,21). The number of carbonyl (C=O) groups excluding carboxylic acids is 1. The highest BCUT2D eigenvalue weighted by Gasteiger charge is 2.20. The molecule has 0 radical (unpaired) electrons. The molecule has 120 valence electrons. The van der Waals surface area contributed by atoms with E-state index in [0.29, 0.717) is 12.6 Å². The minimum atomic E-state index is -0.0562. The number of hydrogen-bond donors (Lipinski definition) is 2. The van der Waals surface area contributed by atoms with Crippen LogP contribution in [0.15, 0.2) is 12.4 Å². The molecule has 0 spiro atoms. The van der Waals surface area contributed by atoms with Crippen LogP contribution in [0.1, 0.15) is 63.0 Å². The second-order valence-electron chi connectivity index (χ2n) is 7.42. The molecular formula is C17H30N2O2. The van der Waals surface area contributed by atoms with E-state index in [9.17, 15) is 9.90 Å². The first-order valence-electron chi connectivity index (χ1n) is 7.71. The highest BCUT2D eigenvalue weighted by atomic mass is 16.3. The van der Waals surface area contributed by atoms with Crippen molar-refractivity contribution in [3.8, 4) is 0 Å². The van der Waals surface area contributed by atoms with Gasteiger partial charge in [0.25, 0.3) is 5.91 Å². The van der Waals surface area contributed by atoms with Gasteiger partial charge in [-0.2, -0.15) is 0 Å². The fourth-order valence-corrected chi connectivity index (χ4v) is 2.52. The molecule has 1 amide bonds. The van der Waals surface area contributed by atoms with Crippen LogP contribution in [0.3, 0.4) is 0 Å². The summed E-state index contributed by atoms with van der Waals surface area (Å²) in [5.41, 5.74) is 1.85. The maximum Gasteiger partial charge on any atom is 0.253 e. The average Bonchev–Trinajstić information content (AvgIpc) is 2.75. The Hall–Kier alpha value is -1.29. The van der Waals surface area contributed by atoms with E-state index in [4.69, 9.17) is 0 Å². The molecule has 0 aliphatic heterocycles. The summed E-state index contributed by atoms with van der Waals surface area (Å²) >= 11 is 0. The molecule has 1 aromatic heterocycles. The van der Waals surface area contributed by atoms with Crippen LogP contribution in [0.5, 0.6) is 0 Å². The minimum absolute atomic E-state index is 0.0562. The molecule has 0 fully saturated rings. The highest BCUT2D eigenvalue weighted by Crippen LogP contribution is 2.24. The van der Waals surface area contributed by atoms with Crippen molar-refractivity contribution in [3.05, 3.63) is 23.5 Å². The summed E-state index contributed by atoms with van der Waals surface area (Å²) in [6, 6.07) is 0.344. The Kier molecular flexibility index (Phi) is 6.02. The zero-order valence-electron chi connectivity index (χ0n) is 14.2. The zero-order valence-corrected chi connectivity index (χ0v) is 14.2. The monoisotopic (exact) mass is 294 g/mol. The number of hydrogen-bond acceptors (Lipinski definition) is 2. The predicted molar refractivity (Wildman–Crippen MR) is 86.5 cm³/mol. The molecule has 1 atom stereocenters. The van der Waals surface area contributed by atoms with Gasteiger partial charge in [-0.3, -0.25) is 4.79 Å². The van der Waals surface area contributed by atoms with Crippen LogP contribution in [0.2, 0.25) is 0 Å². The lowest BCUT2D eigenvalue weighted by Crippen LogP contribution is -2.32. The maximum absolute atomic E-state index is 12.3. The smallest absolute Gasteiger partial charge is 0.253 e. The Morgan fingerprint density at radius 1 is 1.33 bits per heavy atom. The lowest BCUT2D eigenvalue weighted by Gasteiger charge is -2.24. The Morgan fingerprint density at radius 2 is 1.95 bits per heavy atom. The molecule has 1 rings (SSSR count). The second kappa shape index (κ2) is 7.12. The maximum atomic E-state index is 12.3. The van der Waals surface area contributed by atoms with E-state index in [1.54, 1.807) is 0 Å². The fourth-order valence-electron chi connectivity index (χ4n) is 2.52. The van der Waals surface area contributed by atoms with Gasteiger partial charge in [-0.25, -0.2) is 0 Å². The number of carbonyl (C=O) groups is 1. The van der Waals surface area contributed by atoms with Crippen molar-refractivity contribution in [1.82, 2.24) is 9.88 Å². The van der Waals surface area contributed by atoms with Crippen LogP contribution in [0, 0.1) is 18.3 Å². The van der Waals surface area contributed by atoms with Crippen molar-refractivity contribution in [3.63, 3.8) is 0 Å². The van der Waals surface area contributed by atoms with Gasteiger partial charge in [0, 0.05) is 31.6 Å². The normalized spacial score (nSPS) is 13.5. The summed E-state index contributed by atoms with van der Waals surface area (Å²) in [5.74, 6) is 0.0423. The van der Waals surface area contributed by atoms with Crippen LogP contribution >= 0.6 is 0 Å². The Morgan fingerprint density at radius 3 is 2.38 bits per heavy atom. The second-order valence-corrected chi connectivity index (χ2v) is 7.42. The largest absolute Gasteiger partial charge is 0.396 e. The number of nitrogens with one attached hydrogen (secondary N) is 1. The van der Waals surface area contributed by atoms with E-state index >= 15 is 0 Å². The van der Waals surface area contributed by atoms with Gasteiger partial charge in [-0.15, -0.1) is 0 Å². The molecule has 0 saturated heterocycles. The van der Waals surface area contributed by atoms with E-state index in [0.717, 1.165) is 17.5 Å². The fraction of sp³-hybridized carbons (Fsp3) is 0.706. The van der Waals surface area contributed by atoms with E-state index in [1.807, 2.05) is 23.9 Å². The zero-order chi connectivity index (χ0) is 16.2. The first kappa shape index (κ1) is 17.8. The lowest BCUT2D eigenvalue weighted by atomic mass is 9.85. The van der Waals surface area contributed by atoms with E-state index < -0.39 is 0 Å². The summed E-state index contributed by atoms with van der Waals surface area (Å²) in [6.45, 7) is 13.2. The minimum Gasteiger partial charge on any atom is -0.396 e. The molecular weight excluding hydrogens is 264 g/mol. The highest BCUT2D eigenvalue weighted by molar-refractivity contribution is 5.95. The Labute approximate surface area is 128 Å². The van der Waals surface area contributed by atoms with Crippen LogP contribution in [0.25, 0.3) is 0 Å². The molecule has 0 bridgehead atoms. The summed E-state index contributed by atoms with van der Waals surface area (Å²) in [4.78, 5) is 12.3.